The third-order valence-corrected chi connectivity index (χ3v) is 9.20. The van der Waals surface area contributed by atoms with Crippen LogP contribution in [0, 0.1) is 6.92 Å². The first-order valence-corrected chi connectivity index (χ1v) is 15.7. The number of carbonyl (C=O) groups excluding carboxylic acids is 1. The van der Waals surface area contributed by atoms with E-state index in [1.165, 1.54) is 11.3 Å². The van der Waals surface area contributed by atoms with Crippen molar-refractivity contribution in [3.05, 3.63) is 103 Å². The number of para-hydroxylation sites is 1. The third-order valence-electron chi connectivity index (χ3n) is 8.28. The van der Waals surface area contributed by atoms with Crippen LogP contribution in [0.4, 0.5) is 17.1 Å². The number of likely N-dealkylation sites (N-methyl/N-ethyl adjacent to an activating group) is 1. The molecule has 9 nitrogen and oxygen atoms in total. The lowest BCUT2D eigenvalue weighted by Gasteiger charge is -2.37. The summed E-state index contributed by atoms with van der Waals surface area (Å²) in [6.45, 7) is 7.51. The van der Waals surface area contributed by atoms with Gasteiger partial charge in [0.2, 0.25) is 10.9 Å². The molecule has 0 unspecified atom stereocenters. The molecule has 3 aromatic carbocycles. The first-order valence-electron chi connectivity index (χ1n) is 14.8. The molecule has 6 rings (SSSR count). The molecular weight excluding hydrogens is 572 g/mol. The molecule has 44 heavy (non-hydrogen) atoms. The second-order valence-electron chi connectivity index (χ2n) is 11.5. The molecule has 0 bridgehead atoms. The number of fused-ring (bicyclic) bond motifs is 1. The van der Waals surface area contributed by atoms with E-state index in [2.05, 4.69) is 39.5 Å². The Morgan fingerprint density at radius 1 is 1.00 bits per heavy atom. The van der Waals surface area contributed by atoms with Gasteiger partial charge in [-0.3, -0.25) is 24.3 Å². The Kier molecular flexibility index (Phi) is 8.56. The largest absolute Gasteiger partial charge is 0.380 e. The van der Waals surface area contributed by atoms with Crippen LogP contribution in [0.1, 0.15) is 20.8 Å². The third kappa shape index (κ3) is 6.01. The minimum Gasteiger partial charge on any atom is -0.380 e. The molecule has 0 spiro atoms. The van der Waals surface area contributed by atoms with Gasteiger partial charge < -0.3 is 20.4 Å². The molecule has 1 amide bonds. The minimum absolute atomic E-state index is 0.240. The summed E-state index contributed by atoms with van der Waals surface area (Å²) in [5.74, 6) is -0.240. The highest BCUT2D eigenvalue weighted by Gasteiger charge is 2.30. The molecule has 2 N–H and O–H groups in total. The fraction of sp³-hybridized carbons (Fsp3) is 0.294. The number of hydrogen-bond acceptors (Lipinski definition) is 9. The molecule has 1 saturated heterocycles. The predicted octanol–water partition coefficient (Wildman–Crippen LogP) is 4.42. The molecule has 1 fully saturated rings. The normalized spacial score (nSPS) is 14.0. The maximum Gasteiger partial charge on any atom is 0.267 e. The zero-order chi connectivity index (χ0) is 30.8. The van der Waals surface area contributed by atoms with E-state index in [9.17, 15) is 14.4 Å². The van der Waals surface area contributed by atoms with Crippen LogP contribution in [-0.4, -0.2) is 74.1 Å². The molecule has 10 heteroatoms. The second kappa shape index (κ2) is 12.7. The van der Waals surface area contributed by atoms with Gasteiger partial charge in [0, 0.05) is 63.1 Å². The van der Waals surface area contributed by atoms with E-state index in [1.807, 2.05) is 71.8 Å². The quantitative estimate of drug-likeness (QED) is 0.225. The van der Waals surface area contributed by atoms with Crippen LogP contribution >= 0.6 is 11.3 Å². The number of aryl methyl sites for hydroxylation is 1. The lowest BCUT2D eigenvalue weighted by atomic mass is 9.93. The van der Waals surface area contributed by atoms with Crippen LogP contribution in [0.5, 0.6) is 0 Å². The highest BCUT2D eigenvalue weighted by atomic mass is 32.1. The summed E-state index contributed by atoms with van der Waals surface area (Å²) < 4.78 is 0. The van der Waals surface area contributed by atoms with Crippen LogP contribution in [0.2, 0.25) is 0 Å². The maximum absolute atomic E-state index is 13.4. The highest BCUT2D eigenvalue weighted by molar-refractivity contribution is 7.12. The average molecular weight is 609 g/mol. The molecule has 0 aliphatic carbocycles. The van der Waals surface area contributed by atoms with Crippen molar-refractivity contribution in [2.45, 2.75) is 13.5 Å². The van der Waals surface area contributed by atoms with Crippen molar-refractivity contribution < 1.29 is 4.79 Å². The summed E-state index contributed by atoms with van der Waals surface area (Å²) in [6, 6.07) is 17.4. The number of hydrogen-bond donors (Lipinski definition) is 2. The van der Waals surface area contributed by atoms with Crippen LogP contribution in [0.3, 0.4) is 0 Å². The first-order chi connectivity index (χ1) is 21.3. The maximum atomic E-state index is 13.4. The number of carbonyl (C=O) groups is 1. The fourth-order valence-electron chi connectivity index (χ4n) is 5.75. The highest BCUT2D eigenvalue weighted by Crippen LogP contribution is 2.33. The van der Waals surface area contributed by atoms with Crippen molar-refractivity contribution in [2.75, 3.05) is 68.9 Å². The molecule has 0 atom stereocenters. The molecule has 226 valence electrons. The number of amides is 1. The summed E-state index contributed by atoms with van der Waals surface area (Å²) >= 11 is 1.36. The zero-order valence-corrected chi connectivity index (χ0v) is 26.0. The summed E-state index contributed by atoms with van der Waals surface area (Å²) in [4.78, 5) is 50.7. The summed E-state index contributed by atoms with van der Waals surface area (Å²) in [6.07, 6.45) is 1.79. The van der Waals surface area contributed by atoms with Gasteiger partial charge in [-0.05, 0) is 73.4 Å². The summed E-state index contributed by atoms with van der Waals surface area (Å²) in [5.41, 5.74) is 4.97. The van der Waals surface area contributed by atoms with E-state index in [1.54, 1.807) is 6.20 Å². The monoisotopic (exact) mass is 608 g/mol. The van der Waals surface area contributed by atoms with Crippen molar-refractivity contribution in [3.63, 3.8) is 0 Å². The van der Waals surface area contributed by atoms with Gasteiger partial charge >= 0.3 is 0 Å². The number of nitrogens with one attached hydrogen (secondary N) is 2. The van der Waals surface area contributed by atoms with Crippen LogP contribution in [-0.2, 0) is 6.54 Å². The standard InChI is InChI=1S/C34H36N6O3S/c1-22-8-9-24(20-26(22)29-30(32(42)31(29)41)40-17-15-39(16-18-40)14-13-38(2)3)37-34(43)33-28(11-19-44-33)36-21-23-10-12-35-27-7-5-4-6-25(23)27/h4-12,19-20,36H,13-18,21H2,1-3H3,(H,37,43). The molecule has 0 radical (unpaired) electrons. The van der Waals surface area contributed by atoms with Crippen molar-refractivity contribution in [1.82, 2.24) is 14.8 Å². The number of piperazine rings is 1. The molecule has 0 saturated carbocycles. The number of pyridine rings is 1. The molecule has 3 heterocycles. The molecule has 5 aromatic rings. The van der Waals surface area contributed by atoms with Gasteiger partial charge in [0.25, 0.3) is 5.91 Å². The molecule has 2 aromatic heterocycles. The Balaban J connectivity index is 1.17. The number of thiophene rings is 1. The average Bonchev–Trinajstić information content (AvgIpc) is 3.51. The Labute approximate surface area is 260 Å². The van der Waals surface area contributed by atoms with E-state index >= 15 is 0 Å². The van der Waals surface area contributed by atoms with Crippen molar-refractivity contribution >= 4 is 45.2 Å². The van der Waals surface area contributed by atoms with Gasteiger partial charge in [-0.1, -0.05) is 24.3 Å². The van der Waals surface area contributed by atoms with E-state index in [-0.39, 0.29) is 5.91 Å². The predicted molar refractivity (Wildman–Crippen MR) is 180 cm³/mol. The second-order valence-corrected chi connectivity index (χ2v) is 12.4. The SMILES string of the molecule is Cc1ccc(NC(=O)c2sccc2NCc2ccnc3ccccc23)cc1-c1c(N2CCN(CCN(C)C)CC2)c(=O)c1=O. The van der Waals surface area contributed by atoms with Gasteiger partial charge in [0.15, 0.2) is 0 Å². The van der Waals surface area contributed by atoms with Gasteiger partial charge in [-0.15, -0.1) is 11.3 Å². The summed E-state index contributed by atoms with van der Waals surface area (Å²) in [5, 5.41) is 9.38. The lowest BCUT2D eigenvalue weighted by Crippen LogP contribution is -2.52. The number of anilines is 3. The minimum atomic E-state index is -0.463. The topological polar surface area (TPSA) is 97.9 Å². The molecular formula is C34H36N6O3S. The van der Waals surface area contributed by atoms with Crippen LogP contribution in [0.15, 0.2) is 75.8 Å². The first kappa shape index (κ1) is 29.7. The van der Waals surface area contributed by atoms with Crippen molar-refractivity contribution in [2.24, 2.45) is 0 Å². The number of nitrogens with zero attached hydrogens (tertiary/aromatic N) is 4. The summed E-state index contributed by atoms with van der Waals surface area (Å²) in [7, 11) is 4.12. The fourth-order valence-corrected chi connectivity index (χ4v) is 6.51. The smallest absolute Gasteiger partial charge is 0.267 e. The van der Waals surface area contributed by atoms with Crippen LogP contribution in [0.25, 0.3) is 22.0 Å². The Morgan fingerprint density at radius 2 is 1.80 bits per heavy atom. The number of aromatic nitrogens is 1. The van der Waals surface area contributed by atoms with Crippen LogP contribution < -0.4 is 26.4 Å². The van der Waals surface area contributed by atoms with E-state index < -0.39 is 10.9 Å². The zero-order valence-electron chi connectivity index (χ0n) is 25.2. The van der Waals surface area contributed by atoms with Crippen molar-refractivity contribution in [1.29, 1.82) is 0 Å². The Bertz CT molecular complexity index is 1880. The van der Waals surface area contributed by atoms with E-state index in [0.717, 1.165) is 53.9 Å². The Morgan fingerprint density at radius 3 is 2.59 bits per heavy atom. The molecule has 1 aliphatic heterocycles. The van der Waals surface area contributed by atoms with Gasteiger partial charge in [0.1, 0.15) is 10.6 Å². The number of rotatable bonds is 10. The van der Waals surface area contributed by atoms with Gasteiger partial charge in [0.05, 0.1) is 16.8 Å². The van der Waals surface area contributed by atoms with E-state index in [4.69, 9.17) is 0 Å². The molecule has 1 aliphatic rings. The van der Waals surface area contributed by atoms with E-state index in [0.29, 0.717) is 47.0 Å². The number of benzene rings is 2. The lowest BCUT2D eigenvalue weighted by molar-refractivity contribution is 0.103. The Hall–Kier alpha value is -4.38. The van der Waals surface area contributed by atoms with Crippen molar-refractivity contribution in [3.8, 4) is 11.1 Å². The van der Waals surface area contributed by atoms with Gasteiger partial charge in [-0.25, -0.2) is 0 Å². The van der Waals surface area contributed by atoms with Gasteiger partial charge in [-0.2, -0.15) is 0 Å².